The van der Waals surface area contributed by atoms with E-state index in [2.05, 4.69) is 62.4 Å². The smallest absolute Gasteiger partial charge is 0.187 e. The van der Waals surface area contributed by atoms with Crippen molar-refractivity contribution in [1.82, 2.24) is 0 Å². The summed E-state index contributed by atoms with van der Waals surface area (Å²) in [5, 5.41) is 3.20. The lowest BCUT2D eigenvalue weighted by Crippen LogP contribution is -2.10. The first-order valence-electron chi connectivity index (χ1n) is 9.64. The van der Waals surface area contributed by atoms with Crippen LogP contribution in [0.15, 0.2) is 54.2 Å². The summed E-state index contributed by atoms with van der Waals surface area (Å²) in [6.45, 7) is 16.5. The summed E-state index contributed by atoms with van der Waals surface area (Å²) in [4.78, 5) is 4.45. The molecule has 0 aromatic heterocycles. The molecule has 4 heteroatoms. The Balaban J connectivity index is 2.72. The van der Waals surface area contributed by atoms with Crippen LogP contribution >= 0.6 is 0 Å². The van der Waals surface area contributed by atoms with Crippen molar-refractivity contribution < 1.29 is 9.47 Å². The second kappa shape index (κ2) is 12.9. The highest BCUT2D eigenvalue weighted by molar-refractivity contribution is 5.86. The Labute approximate surface area is 164 Å². The summed E-state index contributed by atoms with van der Waals surface area (Å²) in [6.07, 6.45) is 6.40. The van der Waals surface area contributed by atoms with Crippen molar-refractivity contribution >= 4 is 17.2 Å². The number of hydrogen-bond acceptors (Lipinski definition) is 4. The van der Waals surface area contributed by atoms with E-state index in [4.69, 9.17) is 9.47 Å². The molecule has 0 atom stereocenters. The summed E-state index contributed by atoms with van der Waals surface area (Å²) < 4.78 is 11.2. The van der Waals surface area contributed by atoms with Gasteiger partial charge in [-0.05, 0) is 49.1 Å². The summed E-state index contributed by atoms with van der Waals surface area (Å²) in [5.74, 6) is 0.721. The Kier molecular flexibility index (Phi) is 10.9. The van der Waals surface area contributed by atoms with Gasteiger partial charge in [-0.1, -0.05) is 38.6 Å². The summed E-state index contributed by atoms with van der Waals surface area (Å²) in [7, 11) is 1.91. The molecule has 1 aromatic rings. The van der Waals surface area contributed by atoms with Gasteiger partial charge in [0.1, 0.15) is 6.61 Å². The van der Waals surface area contributed by atoms with Crippen molar-refractivity contribution in [3.05, 3.63) is 60.3 Å². The standard InChI is InChI=1S/C23H34N2O2/c1-7-9-23(27-16-15-26-14-8-2)25-13-12-19(4)20(5)21-17-18(3)10-11-22(21)24-6/h10-13,17,24H,4-5,7-9,14-16H2,1-3,6H3/b13-12-,25-23?. The molecule has 0 aliphatic heterocycles. The highest BCUT2D eigenvalue weighted by atomic mass is 16.5. The predicted octanol–water partition coefficient (Wildman–Crippen LogP) is 5.76. The molecule has 0 bridgehead atoms. The molecule has 1 N–H and O–H groups in total. The average molecular weight is 371 g/mol. The van der Waals surface area contributed by atoms with Gasteiger partial charge in [0.15, 0.2) is 5.90 Å². The molecule has 0 unspecified atom stereocenters. The van der Waals surface area contributed by atoms with E-state index in [1.54, 1.807) is 6.20 Å². The summed E-state index contributed by atoms with van der Waals surface area (Å²) >= 11 is 0. The lowest BCUT2D eigenvalue weighted by Gasteiger charge is -2.13. The van der Waals surface area contributed by atoms with Crippen LogP contribution in [0.5, 0.6) is 0 Å². The van der Waals surface area contributed by atoms with Crippen molar-refractivity contribution in [2.24, 2.45) is 4.99 Å². The van der Waals surface area contributed by atoms with E-state index in [0.717, 1.165) is 54.2 Å². The minimum absolute atomic E-state index is 0.523. The molecule has 0 saturated carbocycles. The van der Waals surface area contributed by atoms with Crippen molar-refractivity contribution in [3.8, 4) is 0 Å². The molecule has 0 amide bonds. The van der Waals surface area contributed by atoms with Gasteiger partial charge in [0.05, 0.1) is 6.61 Å². The van der Waals surface area contributed by atoms with Crippen LogP contribution in [0.3, 0.4) is 0 Å². The summed E-state index contributed by atoms with van der Waals surface area (Å²) in [5.41, 5.74) is 4.97. The molecule has 27 heavy (non-hydrogen) atoms. The topological polar surface area (TPSA) is 42.9 Å². The number of hydrogen-bond donors (Lipinski definition) is 1. The molecule has 0 heterocycles. The molecule has 0 aliphatic rings. The first-order chi connectivity index (χ1) is 13.0. The van der Waals surface area contributed by atoms with Gasteiger partial charge >= 0.3 is 0 Å². The van der Waals surface area contributed by atoms with Gasteiger partial charge in [-0.15, -0.1) is 0 Å². The van der Waals surface area contributed by atoms with Crippen LogP contribution in [0.25, 0.3) is 5.57 Å². The van der Waals surface area contributed by atoms with E-state index in [1.807, 2.05) is 13.1 Å². The second-order valence-electron chi connectivity index (χ2n) is 6.35. The number of ether oxygens (including phenoxy) is 2. The fourth-order valence-corrected chi connectivity index (χ4v) is 2.46. The van der Waals surface area contributed by atoms with Crippen molar-refractivity contribution in [3.63, 3.8) is 0 Å². The minimum Gasteiger partial charge on any atom is -0.478 e. The predicted molar refractivity (Wildman–Crippen MR) is 117 cm³/mol. The van der Waals surface area contributed by atoms with Crippen LogP contribution in [0.1, 0.15) is 44.2 Å². The first kappa shape index (κ1) is 22.7. The molecule has 0 spiro atoms. The molecule has 0 saturated heterocycles. The monoisotopic (exact) mass is 370 g/mol. The zero-order chi connectivity index (χ0) is 20.1. The number of nitrogens with one attached hydrogen (secondary N) is 1. The Hall–Kier alpha value is -2.33. The van der Waals surface area contributed by atoms with Gasteiger partial charge < -0.3 is 14.8 Å². The Morgan fingerprint density at radius 1 is 1.15 bits per heavy atom. The molecule has 1 rings (SSSR count). The maximum absolute atomic E-state index is 5.72. The molecule has 0 radical (unpaired) electrons. The van der Waals surface area contributed by atoms with Crippen molar-refractivity contribution in [2.75, 3.05) is 32.2 Å². The van der Waals surface area contributed by atoms with Crippen LogP contribution in [0.2, 0.25) is 0 Å². The fourth-order valence-electron chi connectivity index (χ4n) is 2.46. The normalized spacial score (nSPS) is 11.6. The van der Waals surface area contributed by atoms with Gasteiger partial charge in [0.25, 0.3) is 0 Å². The van der Waals surface area contributed by atoms with Gasteiger partial charge in [0, 0.05) is 37.5 Å². The van der Waals surface area contributed by atoms with Gasteiger partial charge in [-0.25, -0.2) is 4.99 Å². The van der Waals surface area contributed by atoms with Crippen molar-refractivity contribution in [1.29, 1.82) is 0 Å². The van der Waals surface area contributed by atoms with Gasteiger partial charge in [0.2, 0.25) is 0 Å². The third-order valence-electron chi connectivity index (χ3n) is 3.96. The van der Waals surface area contributed by atoms with E-state index >= 15 is 0 Å². The average Bonchev–Trinajstić information content (AvgIpc) is 2.67. The number of anilines is 1. The maximum atomic E-state index is 5.72. The highest BCUT2D eigenvalue weighted by Crippen LogP contribution is 2.28. The maximum Gasteiger partial charge on any atom is 0.187 e. The molecular weight excluding hydrogens is 336 g/mol. The van der Waals surface area contributed by atoms with Crippen LogP contribution in [-0.4, -0.2) is 32.8 Å². The van der Waals surface area contributed by atoms with E-state index in [1.165, 1.54) is 5.56 Å². The second-order valence-corrected chi connectivity index (χ2v) is 6.35. The van der Waals surface area contributed by atoms with E-state index in [-0.39, 0.29) is 0 Å². The first-order valence-corrected chi connectivity index (χ1v) is 9.64. The molecule has 148 valence electrons. The Morgan fingerprint density at radius 3 is 2.59 bits per heavy atom. The number of nitrogens with zero attached hydrogens (tertiary/aromatic N) is 1. The van der Waals surface area contributed by atoms with Crippen molar-refractivity contribution in [2.45, 2.75) is 40.0 Å². The third-order valence-corrected chi connectivity index (χ3v) is 3.96. The molecule has 0 aliphatic carbocycles. The number of benzene rings is 1. The van der Waals surface area contributed by atoms with Gasteiger partial charge in [-0.2, -0.15) is 0 Å². The van der Waals surface area contributed by atoms with Crippen LogP contribution in [0, 0.1) is 6.92 Å². The number of rotatable bonds is 12. The lowest BCUT2D eigenvalue weighted by atomic mass is 9.97. The largest absolute Gasteiger partial charge is 0.478 e. The van der Waals surface area contributed by atoms with Crippen LogP contribution in [0.4, 0.5) is 5.69 Å². The number of aryl methyl sites for hydroxylation is 1. The quantitative estimate of drug-likeness (QED) is 0.220. The molecule has 1 aromatic carbocycles. The van der Waals surface area contributed by atoms with Crippen LogP contribution in [-0.2, 0) is 9.47 Å². The fraction of sp³-hybridized carbons (Fsp3) is 0.435. The summed E-state index contributed by atoms with van der Waals surface area (Å²) in [6, 6.07) is 6.24. The zero-order valence-electron chi connectivity index (χ0n) is 17.3. The third kappa shape index (κ3) is 8.27. The highest BCUT2D eigenvalue weighted by Gasteiger charge is 2.07. The molecule has 0 fully saturated rings. The lowest BCUT2D eigenvalue weighted by molar-refractivity contribution is 0.0958. The van der Waals surface area contributed by atoms with E-state index < -0.39 is 0 Å². The number of aliphatic imine (C=N–C) groups is 1. The SMILES string of the molecule is C=C(/C=C\N=C(CCC)OCCOCCC)C(=C)c1cc(C)ccc1NC. The zero-order valence-corrected chi connectivity index (χ0v) is 17.3. The molecule has 4 nitrogen and oxygen atoms in total. The van der Waals surface area contributed by atoms with Gasteiger partial charge in [-0.3, -0.25) is 0 Å². The van der Waals surface area contributed by atoms with Crippen LogP contribution < -0.4 is 5.32 Å². The van der Waals surface area contributed by atoms with E-state index in [0.29, 0.717) is 13.2 Å². The number of allylic oxidation sites excluding steroid dienone is 3. The minimum atomic E-state index is 0.523. The molecular formula is C23H34N2O2. The van der Waals surface area contributed by atoms with E-state index in [9.17, 15) is 0 Å². The Morgan fingerprint density at radius 2 is 1.93 bits per heavy atom. The Bertz CT molecular complexity index is 675.